The van der Waals surface area contributed by atoms with Gasteiger partial charge in [0.2, 0.25) is 5.56 Å². The number of amides is 1. The van der Waals surface area contributed by atoms with Crippen molar-refractivity contribution in [2.24, 2.45) is 0 Å². The number of aromatic hydroxyl groups is 1. The van der Waals surface area contributed by atoms with Gasteiger partial charge in [0.25, 0.3) is 0 Å². The van der Waals surface area contributed by atoms with Crippen molar-refractivity contribution in [3.05, 3.63) is 141 Å². The summed E-state index contributed by atoms with van der Waals surface area (Å²) in [4.78, 5) is 25.7. The standard InChI is InChI=1S/C33H31N3O6/c37-28-15-13-26(27-14-16-30(39)35-32(27)28)29(38)19-34-18-21-9-11-22(12-10-21)20-42-25-8-4-7-24(17-25)31(36-33(40)41)23-5-2-1-3-6-23/h1-17,29,31,34,36-38H,18-20H2,(H,35,39)(H,40,41)/t29-,31?/m0/s1. The normalized spacial score (nSPS) is 12.5. The highest BCUT2D eigenvalue weighted by Gasteiger charge is 2.17. The number of rotatable bonds is 11. The topological polar surface area (TPSA) is 144 Å². The van der Waals surface area contributed by atoms with Crippen LogP contribution in [0, 0.1) is 0 Å². The minimum Gasteiger partial charge on any atom is -0.506 e. The maximum absolute atomic E-state index is 11.6. The number of nitrogens with one attached hydrogen (secondary N) is 3. The number of benzene rings is 4. The summed E-state index contributed by atoms with van der Waals surface area (Å²) in [6.07, 6.45) is -1.94. The molecule has 42 heavy (non-hydrogen) atoms. The van der Waals surface area contributed by atoms with E-state index < -0.39 is 18.2 Å². The molecule has 0 fully saturated rings. The molecule has 9 heteroatoms. The highest BCUT2D eigenvalue weighted by Crippen LogP contribution is 2.29. The predicted molar refractivity (Wildman–Crippen MR) is 160 cm³/mol. The van der Waals surface area contributed by atoms with Crippen LogP contribution in [0.15, 0.2) is 108 Å². The predicted octanol–water partition coefficient (Wildman–Crippen LogP) is 4.99. The van der Waals surface area contributed by atoms with E-state index in [1.807, 2.05) is 78.9 Å². The van der Waals surface area contributed by atoms with Gasteiger partial charge in [0, 0.05) is 24.5 Å². The molecule has 1 aromatic heterocycles. The van der Waals surface area contributed by atoms with Crippen LogP contribution in [0.5, 0.6) is 11.5 Å². The van der Waals surface area contributed by atoms with E-state index in [0.29, 0.717) is 35.4 Å². The molecule has 0 saturated carbocycles. The van der Waals surface area contributed by atoms with E-state index >= 15 is 0 Å². The van der Waals surface area contributed by atoms with Crippen molar-refractivity contribution in [1.29, 1.82) is 0 Å². The molecule has 0 bridgehead atoms. The number of carboxylic acid groups (broad SMARTS) is 1. The summed E-state index contributed by atoms with van der Waals surface area (Å²) in [5.74, 6) is 0.584. The molecule has 0 saturated heterocycles. The molecule has 1 heterocycles. The van der Waals surface area contributed by atoms with Crippen LogP contribution in [0.3, 0.4) is 0 Å². The van der Waals surface area contributed by atoms with E-state index in [1.165, 1.54) is 12.1 Å². The molecule has 0 radical (unpaired) electrons. The molecule has 1 amide bonds. The van der Waals surface area contributed by atoms with Crippen molar-refractivity contribution in [2.75, 3.05) is 6.54 Å². The lowest BCUT2D eigenvalue weighted by Gasteiger charge is -2.19. The summed E-state index contributed by atoms with van der Waals surface area (Å²) < 4.78 is 6.01. The van der Waals surface area contributed by atoms with Crippen molar-refractivity contribution in [3.63, 3.8) is 0 Å². The van der Waals surface area contributed by atoms with Crippen molar-refractivity contribution < 1.29 is 24.9 Å². The molecule has 0 spiro atoms. The largest absolute Gasteiger partial charge is 0.506 e. The number of aliphatic hydroxyl groups excluding tert-OH is 1. The number of aromatic nitrogens is 1. The van der Waals surface area contributed by atoms with Crippen LogP contribution in [-0.2, 0) is 13.2 Å². The molecule has 5 rings (SSSR count). The zero-order chi connectivity index (χ0) is 29.5. The lowest BCUT2D eigenvalue weighted by molar-refractivity contribution is 0.176. The summed E-state index contributed by atoms with van der Waals surface area (Å²) in [5, 5.41) is 36.6. The summed E-state index contributed by atoms with van der Waals surface area (Å²) in [5.41, 5.74) is 4.19. The van der Waals surface area contributed by atoms with Gasteiger partial charge in [-0.2, -0.15) is 0 Å². The van der Waals surface area contributed by atoms with Crippen LogP contribution in [-0.4, -0.2) is 32.9 Å². The average molecular weight is 566 g/mol. The number of carbonyl (C=O) groups is 1. The van der Waals surface area contributed by atoms with E-state index in [0.717, 1.165) is 22.3 Å². The quantitative estimate of drug-likeness (QED) is 0.132. The molecular formula is C33H31N3O6. The number of aliphatic hydroxyl groups is 1. The van der Waals surface area contributed by atoms with Crippen LogP contribution in [0.25, 0.3) is 10.9 Å². The van der Waals surface area contributed by atoms with Crippen molar-refractivity contribution in [3.8, 4) is 11.5 Å². The van der Waals surface area contributed by atoms with Crippen LogP contribution >= 0.6 is 0 Å². The zero-order valence-electron chi connectivity index (χ0n) is 22.7. The zero-order valence-corrected chi connectivity index (χ0v) is 22.7. The third kappa shape index (κ3) is 6.95. The molecule has 2 atom stereocenters. The number of hydrogen-bond acceptors (Lipinski definition) is 6. The van der Waals surface area contributed by atoms with E-state index in [-0.39, 0.29) is 17.9 Å². The molecule has 9 nitrogen and oxygen atoms in total. The second-order valence-electron chi connectivity index (χ2n) is 9.90. The van der Waals surface area contributed by atoms with Gasteiger partial charge in [-0.3, -0.25) is 4.79 Å². The van der Waals surface area contributed by atoms with Gasteiger partial charge in [0.05, 0.1) is 17.7 Å². The van der Waals surface area contributed by atoms with E-state index in [9.17, 15) is 24.9 Å². The maximum Gasteiger partial charge on any atom is 0.405 e. The Hall–Kier alpha value is -5.12. The Bertz CT molecular complexity index is 1720. The second kappa shape index (κ2) is 13.0. The van der Waals surface area contributed by atoms with E-state index in [4.69, 9.17) is 4.74 Å². The van der Waals surface area contributed by atoms with Crippen molar-refractivity contribution in [2.45, 2.75) is 25.3 Å². The van der Waals surface area contributed by atoms with Crippen molar-refractivity contribution in [1.82, 2.24) is 15.6 Å². The smallest absolute Gasteiger partial charge is 0.405 e. The number of aromatic amines is 1. The lowest BCUT2D eigenvalue weighted by Crippen LogP contribution is -2.27. The van der Waals surface area contributed by atoms with Gasteiger partial charge >= 0.3 is 6.09 Å². The molecule has 4 aromatic carbocycles. The number of fused-ring (bicyclic) bond motifs is 1. The van der Waals surface area contributed by atoms with Gasteiger partial charge in [-0.05, 0) is 52.1 Å². The van der Waals surface area contributed by atoms with Crippen LogP contribution in [0.4, 0.5) is 4.79 Å². The monoisotopic (exact) mass is 565 g/mol. The third-order valence-electron chi connectivity index (χ3n) is 6.95. The molecule has 214 valence electrons. The average Bonchev–Trinajstić information content (AvgIpc) is 3.00. The van der Waals surface area contributed by atoms with E-state index in [1.54, 1.807) is 12.1 Å². The highest BCUT2D eigenvalue weighted by atomic mass is 16.5. The Morgan fingerprint density at radius 2 is 1.60 bits per heavy atom. The number of H-pyrrole nitrogens is 1. The minimum absolute atomic E-state index is 0.0463. The summed E-state index contributed by atoms with van der Waals surface area (Å²) >= 11 is 0. The third-order valence-corrected chi connectivity index (χ3v) is 6.95. The molecule has 1 unspecified atom stereocenters. The van der Waals surface area contributed by atoms with Gasteiger partial charge < -0.3 is 35.7 Å². The summed E-state index contributed by atoms with van der Waals surface area (Å²) in [7, 11) is 0. The number of ether oxygens (including phenoxy) is 1. The fraction of sp³-hybridized carbons (Fsp3) is 0.152. The molecule has 0 aliphatic carbocycles. The Morgan fingerprint density at radius 3 is 2.36 bits per heavy atom. The first kappa shape index (κ1) is 28.4. The Kier molecular flexibility index (Phi) is 8.81. The molecule has 6 N–H and O–H groups in total. The van der Waals surface area contributed by atoms with Gasteiger partial charge in [-0.15, -0.1) is 0 Å². The number of phenolic OH excluding ortho intramolecular Hbond substituents is 1. The van der Waals surface area contributed by atoms with Gasteiger partial charge in [-0.25, -0.2) is 4.79 Å². The van der Waals surface area contributed by atoms with Gasteiger partial charge in [0.15, 0.2) is 0 Å². The lowest BCUT2D eigenvalue weighted by atomic mass is 9.98. The Morgan fingerprint density at radius 1 is 0.857 bits per heavy atom. The second-order valence-corrected chi connectivity index (χ2v) is 9.90. The summed E-state index contributed by atoms with van der Waals surface area (Å²) in [6, 6.07) is 30.2. The highest BCUT2D eigenvalue weighted by molar-refractivity contribution is 5.87. The first-order valence-corrected chi connectivity index (χ1v) is 13.5. The fourth-order valence-corrected chi connectivity index (χ4v) is 4.84. The SMILES string of the molecule is O=C(O)NC(c1ccccc1)c1cccc(OCc2ccc(CNC[C@H](O)c3ccc(O)c4[nH]c(=O)ccc34)cc2)c1. The number of pyridine rings is 1. The Labute approximate surface area is 242 Å². The molecule has 0 aliphatic heterocycles. The van der Waals surface area contributed by atoms with E-state index in [2.05, 4.69) is 15.6 Å². The fourth-order valence-electron chi connectivity index (χ4n) is 4.84. The molecule has 0 aliphatic rings. The number of hydrogen-bond donors (Lipinski definition) is 6. The van der Waals surface area contributed by atoms with Crippen LogP contribution in [0.1, 0.15) is 40.0 Å². The van der Waals surface area contributed by atoms with Crippen molar-refractivity contribution >= 4 is 17.0 Å². The first-order valence-electron chi connectivity index (χ1n) is 13.5. The van der Waals surface area contributed by atoms with Crippen LogP contribution in [0.2, 0.25) is 0 Å². The summed E-state index contributed by atoms with van der Waals surface area (Å²) in [6.45, 7) is 1.15. The van der Waals surface area contributed by atoms with Gasteiger partial charge in [-0.1, -0.05) is 72.8 Å². The molecular weight excluding hydrogens is 534 g/mol. The first-order chi connectivity index (χ1) is 20.4. The maximum atomic E-state index is 11.6. The van der Waals surface area contributed by atoms with Crippen LogP contribution < -0.4 is 20.9 Å². The molecule has 5 aromatic rings. The minimum atomic E-state index is -1.11. The van der Waals surface area contributed by atoms with Gasteiger partial charge in [0.1, 0.15) is 18.1 Å². The Balaban J connectivity index is 1.16. The number of phenols is 1.